The van der Waals surface area contributed by atoms with Gasteiger partial charge in [-0.05, 0) is 57.4 Å². The van der Waals surface area contributed by atoms with Crippen LogP contribution in [0.25, 0.3) is 0 Å². The van der Waals surface area contributed by atoms with Gasteiger partial charge in [0.1, 0.15) is 5.82 Å². The van der Waals surface area contributed by atoms with Crippen molar-refractivity contribution in [2.75, 3.05) is 26.2 Å². The van der Waals surface area contributed by atoms with Crippen LogP contribution in [0.1, 0.15) is 33.1 Å². The van der Waals surface area contributed by atoms with Crippen LogP contribution < -0.4 is 5.32 Å². The normalized spacial score (nSPS) is 18.8. The molecule has 1 aromatic carbocycles. The van der Waals surface area contributed by atoms with Gasteiger partial charge in [-0.1, -0.05) is 0 Å². The molecule has 0 aromatic heterocycles. The zero-order chi connectivity index (χ0) is 19.2. The summed E-state index contributed by atoms with van der Waals surface area (Å²) in [5.74, 6) is -0.986. The molecule has 0 saturated carbocycles. The topological polar surface area (TPSA) is 75.7 Å². The van der Waals surface area contributed by atoms with Crippen LogP contribution in [0.2, 0.25) is 0 Å². The van der Waals surface area contributed by atoms with E-state index in [4.69, 9.17) is 4.74 Å². The molecule has 1 atom stereocenters. The molecule has 26 heavy (non-hydrogen) atoms. The van der Waals surface area contributed by atoms with Gasteiger partial charge in [0.05, 0.1) is 16.9 Å². The molecule has 1 aromatic rings. The fourth-order valence-electron chi connectivity index (χ4n) is 2.88. The SMILES string of the molecule is CC(C)OCCCNC(=O)[C@H]1CCCN(S(=O)(=O)c2ccc(F)cc2)C1. The molecular weight excluding hydrogens is 359 g/mol. The van der Waals surface area contributed by atoms with Crippen LogP contribution in [-0.4, -0.2) is 51.0 Å². The Morgan fingerprint density at radius 1 is 1.35 bits per heavy atom. The summed E-state index contributed by atoms with van der Waals surface area (Å²) in [5.41, 5.74) is 0. The number of ether oxygens (including phenoxy) is 1. The van der Waals surface area contributed by atoms with Gasteiger partial charge in [-0.15, -0.1) is 0 Å². The third kappa shape index (κ3) is 5.75. The maximum atomic E-state index is 13.0. The van der Waals surface area contributed by atoms with Gasteiger partial charge < -0.3 is 10.1 Å². The minimum atomic E-state index is -3.72. The molecule has 0 unspecified atom stereocenters. The van der Waals surface area contributed by atoms with Crippen molar-refractivity contribution in [3.05, 3.63) is 30.1 Å². The molecule has 1 aliphatic rings. The smallest absolute Gasteiger partial charge is 0.243 e. The van der Waals surface area contributed by atoms with E-state index in [2.05, 4.69) is 5.32 Å². The van der Waals surface area contributed by atoms with Crippen LogP contribution in [-0.2, 0) is 19.6 Å². The summed E-state index contributed by atoms with van der Waals surface area (Å²) in [4.78, 5) is 12.4. The van der Waals surface area contributed by atoms with Crippen molar-refractivity contribution in [3.8, 4) is 0 Å². The Bertz CT molecular complexity index is 692. The molecule has 0 spiro atoms. The number of hydrogen-bond acceptors (Lipinski definition) is 4. The predicted molar refractivity (Wildman–Crippen MR) is 96.6 cm³/mol. The number of rotatable bonds is 8. The molecular formula is C18H27FN2O4S. The zero-order valence-electron chi connectivity index (χ0n) is 15.3. The highest BCUT2D eigenvalue weighted by Crippen LogP contribution is 2.24. The standard InChI is InChI=1S/C18H27FN2O4S/c1-14(2)25-12-4-10-20-18(22)15-5-3-11-21(13-15)26(23,24)17-8-6-16(19)7-9-17/h6-9,14-15H,3-5,10-13H2,1-2H3,(H,20,22)/t15-/m0/s1. The summed E-state index contributed by atoms with van der Waals surface area (Å²) in [6, 6.07) is 4.76. The van der Waals surface area contributed by atoms with Crippen molar-refractivity contribution >= 4 is 15.9 Å². The lowest BCUT2D eigenvalue weighted by Crippen LogP contribution is -2.45. The fourth-order valence-corrected chi connectivity index (χ4v) is 4.40. The Morgan fingerprint density at radius 3 is 2.69 bits per heavy atom. The predicted octanol–water partition coefficient (Wildman–Crippen LogP) is 2.16. The van der Waals surface area contributed by atoms with E-state index in [0.717, 1.165) is 12.1 Å². The quantitative estimate of drug-likeness (QED) is 0.695. The summed E-state index contributed by atoms with van der Waals surface area (Å²) in [7, 11) is -3.72. The number of hydrogen-bond donors (Lipinski definition) is 1. The van der Waals surface area contributed by atoms with Gasteiger partial charge in [-0.3, -0.25) is 4.79 Å². The number of carbonyl (C=O) groups is 1. The van der Waals surface area contributed by atoms with Crippen molar-refractivity contribution in [2.24, 2.45) is 5.92 Å². The van der Waals surface area contributed by atoms with E-state index in [1.54, 1.807) is 0 Å². The number of nitrogens with one attached hydrogen (secondary N) is 1. The number of halogens is 1. The molecule has 0 radical (unpaired) electrons. The first-order chi connectivity index (χ1) is 12.3. The monoisotopic (exact) mass is 386 g/mol. The van der Waals surface area contributed by atoms with Gasteiger partial charge in [0.2, 0.25) is 15.9 Å². The van der Waals surface area contributed by atoms with Crippen molar-refractivity contribution < 1.29 is 22.3 Å². The third-order valence-corrected chi connectivity index (χ3v) is 6.16. The Hall–Kier alpha value is -1.51. The molecule has 1 aliphatic heterocycles. The van der Waals surface area contributed by atoms with E-state index in [-0.39, 0.29) is 29.4 Å². The van der Waals surface area contributed by atoms with E-state index >= 15 is 0 Å². The molecule has 1 fully saturated rings. The Morgan fingerprint density at radius 2 is 2.04 bits per heavy atom. The van der Waals surface area contributed by atoms with Crippen molar-refractivity contribution in [1.82, 2.24) is 9.62 Å². The van der Waals surface area contributed by atoms with Crippen LogP contribution in [0.5, 0.6) is 0 Å². The van der Waals surface area contributed by atoms with Crippen molar-refractivity contribution in [2.45, 2.75) is 44.1 Å². The number of carbonyl (C=O) groups excluding carboxylic acids is 1. The summed E-state index contributed by atoms with van der Waals surface area (Å²) >= 11 is 0. The average molecular weight is 386 g/mol. The van der Waals surface area contributed by atoms with Gasteiger partial charge in [-0.2, -0.15) is 4.31 Å². The van der Waals surface area contributed by atoms with Crippen molar-refractivity contribution in [1.29, 1.82) is 0 Å². The van der Waals surface area contributed by atoms with E-state index in [0.29, 0.717) is 39.0 Å². The van der Waals surface area contributed by atoms with Gasteiger partial charge in [0.15, 0.2) is 0 Å². The number of nitrogens with zero attached hydrogens (tertiary/aromatic N) is 1. The van der Waals surface area contributed by atoms with Crippen LogP contribution in [0, 0.1) is 11.7 Å². The summed E-state index contributed by atoms with van der Waals surface area (Å²) in [6.07, 6.45) is 2.15. The number of amides is 1. The van der Waals surface area contributed by atoms with Gasteiger partial charge in [0.25, 0.3) is 0 Å². The maximum Gasteiger partial charge on any atom is 0.243 e. The first kappa shape index (κ1) is 20.8. The second kappa shape index (κ2) is 9.43. The highest BCUT2D eigenvalue weighted by Gasteiger charge is 2.33. The van der Waals surface area contributed by atoms with E-state index in [9.17, 15) is 17.6 Å². The first-order valence-corrected chi connectivity index (χ1v) is 10.4. The highest BCUT2D eigenvalue weighted by molar-refractivity contribution is 7.89. The summed E-state index contributed by atoms with van der Waals surface area (Å²) < 4.78 is 45.1. The molecule has 1 N–H and O–H groups in total. The van der Waals surface area contributed by atoms with Crippen LogP contribution >= 0.6 is 0 Å². The fraction of sp³-hybridized carbons (Fsp3) is 0.611. The number of piperidine rings is 1. The molecule has 0 aliphatic carbocycles. The summed E-state index contributed by atoms with van der Waals surface area (Å²) in [5, 5.41) is 2.86. The average Bonchev–Trinajstić information content (AvgIpc) is 2.61. The first-order valence-electron chi connectivity index (χ1n) is 8.95. The van der Waals surface area contributed by atoms with Gasteiger partial charge in [-0.25, -0.2) is 12.8 Å². The van der Waals surface area contributed by atoms with Crippen LogP contribution in [0.4, 0.5) is 4.39 Å². The molecule has 6 nitrogen and oxygen atoms in total. The minimum absolute atomic E-state index is 0.0470. The molecule has 146 valence electrons. The second-order valence-corrected chi connectivity index (χ2v) is 8.66. The van der Waals surface area contributed by atoms with Crippen LogP contribution in [0.3, 0.4) is 0 Å². The Balaban J connectivity index is 1.89. The second-order valence-electron chi connectivity index (χ2n) is 6.72. The Kier molecular flexibility index (Phi) is 7.55. The maximum absolute atomic E-state index is 13.0. The highest BCUT2D eigenvalue weighted by atomic mass is 32.2. The molecule has 1 amide bonds. The molecule has 1 saturated heterocycles. The van der Waals surface area contributed by atoms with Gasteiger partial charge >= 0.3 is 0 Å². The molecule has 8 heteroatoms. The molecule has 0 bridgehead atoms. The van der Waals surface area contributed by atoms with E-state index in [1.165, 1.54) is 16.4 Å². The largest absolute Gasteiger partial charge is 0.379 e. The zero-order valence-corrected chi connectivity index (χ0v) is 16.1. The lowest BCUT2D eigenvalue weighted by molar-refractivity contribution is -0.126. The Labute approximate surface area is 154 Å². The number of sulfonamides is 1. The van der Waals surface area contributed by atoms with Gasteiger partial charge in [0, 0.05) is 26.2 Å². The van der Waals surface area contributed by atoms with Crippen LogP contribution in [0.15, 0.2) is 29.2 Å². The third-order valence-electron chi connectivity index (χ3n) is 4.28. The van der Waals surface area contributed by atoms with E-state index < -0.39 is 15.8 Å². The number of benzene rings is 1. The lowest BCUT2D eigenvalue weighted by Gasteiger charge is -2.31. The molecule has 2 rings (SSSR count). The van der Waals surface area contributed by atoms with E-state index in [1.807, 2.05) is 13.8 Å². The lowest BCUT2D eigenvalue weighted by atomic mass is 9.99. The molecule has 1 heterocycles. The summed E-state index contributed by atoms with van der Waals surface area (Å²) in [6.45, 7) is 5.51. The van der Waals surface area contributed by atoms with Crippen molar-refractivity contribution in [3.63, 3.8) is 0 Å². The minimum Gasteiger partial charge on any atom is -0.379 e.